The van der Waals surface area contributed by atoms with Gasteiger partial charge < -0.3 is 21.1 Å². The number of nitrogens with two attached hydrogens (primary N) is 1. The van der Waals surface area contributed by atoms with Gasteiger partial charge in [-0.05, 0) is 31.4 Å². The molecule has 1 saturated heterocycles. The summed E-state index contributed by atoms with van der Waals surface area (Å²) in [5.41, 5.74) is 7.61. The van der Waals surface area contributed by atoms with E-state index in [9.17, 15) is 9.90 Å². The quantitative estimate of drug-likeness (QED) is 0.755. The molecular formula is C18H23N5O2. The van der Waals surface area contributed by atoms with E-state index in [2.05, 4.69) is 15.3 Å². The Hall–Kier alpha value is -2.41. The molecule has 7 heteroatoms. The molecular weight excluding hydrogens is 318 g/mol. The van der Waals surface area contributed by atoms with Crippen LogP contribution in [0.2, 0.25) is 0 Å². The van der Waals surface area contributed by atoms with Crippen molar-refractivity contribution in [2.24, 2.45) is 0 Å². The number of hydrogen-bond acceptors (Lipinski definition) is 7. The number of fused-ring (bicyclic) bond motifs is 2. The Morgan fingerprint density at radius 3 is 2.80 bits per heavy atom. The van der Waals surface area contributed by atoms with E-state index in [-0.39, 0.29) is 11.3 Å². The smallest absolute Gasteiger partial charge is 0.181 e. The summed E-state index contributed by atoms with van der Waals surface area (Å²) < 4.78 is 0. The standard InChI is InChI=1S/C18H23N5O2/c1-11-7-12(22-15-8-14(19)20-10-21-15)17(25)23-16(11)13(24)9-18(23)5-3-2-4-6-18/h7-8,10,17,25H,2-6,9H2,1H3,(H3,19,20,21,22). The maximum Gasteiger partial charge on any atom is 0.181 e. The maximum absolute atomic E-state index is 12.7. The number of rotatable bonds is 2. The van der Waals surface area contributed by atoms with Gasteiger partial charge in [0.25, 0.3) is 0 Å². The molecule has 3 heterocycles. The number of nitrogens with one attached hydrogen (secondary N) is 1. The second kappa shape index (κ2) is 5.84. The van der Waals surface area contributed by atoms with E-state index in [0.29, 0.717) is 29.5 Å². The van der Waals surface area contributed by atoms with Crippen LogP contribution in [0.5, 0.6) is 0 Å². The molecule has 25 heavy (non-hydrogen) atoms. The highest BCUT2D eigenvalue weighted by atomic mass is 16.3. The van der Waals surface area contributed by atoms with Crippen molar-refractivity contribution >= 4 is 17.4 Å². The van der Waals surface area contributed by atoms with Crippen molar-refractivity contribution in [2.75, 3.05) is 11.1 Å². The van der Waals surface area contributed by atoms with Gasteiger partial charge in [0.05, 0.1) is 16.9 Å². The van der Waals surface area contributed by atoms with Gasteiger partial charge in [-0.15, -0.1) is 0 Å². The minimum atomic E-state index is -0.889. The van der Waals surface area contributed by atoms with Crippen LogP contribution in [0.15, 0.2) is 35.4 Å². The first-order valence-corrected chi connectivity index (χ1v) is 8.78. The lowest BCUT2D eigenvalue weighted by Crippen LogP contribution is -2.52. The van der Waals surface area contributed by atoms with Crippen LogP contribution in [0, 0.1) is 0 Å². The summed E-state index contributed by atoms with van der Waals surface area (Å²) in [5.74, 6) is 1.02. The molecule has 0 aromatic carbocycles. The summed E-state index contributed by atoms with van der Waals surface area (Å²) in [4.78, 5) is 22.6. The first kappa shape index (κ1) is 16.1. The lowest BCUT2D eigenvalue weighted by Gasteiger charge is -2.46. The third-order valence-electron chi connectivity index (χ3n) is 5.52. The number of aromatic nitrogens is 2. The van der Waals surface area contributed by atoms with Crippen molar-refractivity contribution in [1.82, 2.24) is 14.9 Å². The van der Waals surface area contributed by atoms with Crippen LogP contribution in [-0.2, 0) is 4.79 Å². The van der Waals surface area contributed by atoms with Gasteiger partial charge in [0, 0.05) is 12.5 Å². The molecule has 1 aromatic heterocycles. The van der Waals surface area contributed by atoms with Gasteiger partial charge in [-0.1, -0.05) is 19.3 Å². The number of ketones is 1. The number of carbonyl (C=O) groups is 1. The van der Waals surface area contributed by atoms with Crippen molar-refractivity contribution in [3.8, 4) is 0 Å². The Labute approximate surface area is 146 Å². The van der Waals surface area contributed by atoms with Crippen molar-refractivity contribution in [1.29, 1.82) is 0 Å². The molecule has 1 atom stereocenters. The second-order valence-electron chi connectivity index (χ2n) is 7.21. The number of nitrogens with zero attached hydrogens (tertiary/aromatic N) is 3. The molecule has 1 aromatic rings. The largest absolute Gasteiger partial charge is 0.384 e. The monoisotopic (exact) mass is 341 g/mol. The van der Waals surface area contributed by atoms with Crippen LogP contribution in [0.3, 0.4) is 0 Å². The minimum absolute atomic E-state index is 0.139. The van der Waals surface area contributed by atoms with Gasteiger partial charge in [0.1, 0.15) is 18.0 Å². The van der Waals surface area contributed by atoms with Crippen LogP contribution in [-0.4, -0.2) is 37.5 Å². The normalized spacial score (nSPS) is 25.2. The Morgan fingerprint density at radius 2 is 2.08 bits per heavy atom. The van der Waals surface area contributed by atoms with Crippen molar-refractivity contribution in [2.45, 2.75) is 57.2 Å². The minimum Gasteiger partial charge on any atom is -0.384 e. The van der Waals surface area contributed by atoms with Gasteiger partial charge in [0.15, 0.2) is 12.0 Å². The van der Waals surface area contributed by atoms with E-state index in [1.165, 1.54) is 12.7 Å². The Bertz CT molecular complexity index is 779. The molecule has 2 fully saturated rings. The van der Waals surface area contributed by atoms with E-state index in [1.807, 2.05) is 17.9 Å². The van der Waals surface area contributed by atoms with Gasteiger partial charge in [0.2, 0.25) is 0 Å². The lowest BCUT2D eigenvalue weighted by atomic mass is 9.79. The van der Waals surface area contributed by atoms with E-state index in [4.69, 9.17) is 5.73 Å². The molecule has 7 nitrogen and oxygen atoms in total. The highest BCUT2D eigenvalue weighted by molar-refractivity contribution is 6.00. The molecule has 0 amide bonds. The van der Waals surface area contributed by atoms with Gasteiger partial charge in [-0.25, -0.2) is 9.97 Å². The fraction of sp³-hybridized carbons (Fsp3) is 0.500. The number of allylic oxidation sites excluding steroid dienone is 3. The van der Waals surface area contributed by atoms with E-state index in [1.54, 1.807) is 6.07 Å². The lowest BCUT2D eigenvalue weighted by molar-refractivity contribution is -0.115. The molecule has 4 rings (SSSR count). The Morgan fingerprint density at radius 1 is 1.32 bits per heavy atom. The molecule has 1 spiro atoms. The summed E-state index contributed by atoms with van der Waals surface area (Å²) in [6.07, 6.45) is 8.09. The summed E-state index contributed by atoms with van der Waals surface area (Å²) >= 11 is 0. The molecule has 1 unspecified atom stereocenters. The second-order valence-corrected chi connectivity index (χ2v) is 7.21. The highest BCUT2D eigenvalue weighted by Gasteiger charge is 2.52. The van der Waals surface area contributed by atoms with Crippen molar-refractivity contribution in [3.05, 3.63) is 35.4 Å². The zero-order valence-corrected chi connectivity index (χ0v) is 14.3. The molecule has 1 saturated carbocycles. The average Bonchev–Trinajstić information content (AvgIpc) is 2.85. The number of nitrogen functional groups attached to an aromatic ring is 1. The van der Waals surface area contributed by atoms with Gasteiger partial charge in [-0.2, -0.15) is 0 Å². The van der Waals surface area contributed by atoms with Crippen LogP contribution in [0.4, 0.5) is 11.6 Å². The maximum atomic E-state index is 12.7. The SMILES string of the molecule is CC1=C2C(=O)CC3(CCCCC3)N2C(O)C(Nc2cc(N)ncn2)=C1. The molecule has 4 N–H and O–H groups in total. The van der Waals surface area contributed by atoms with Crippen LogP contribution in [0.1, 0.15) is 45.4 Å². The molecule has 0 bridgehead atoms. The van der Waals surface area contributed by atoms with Gasteiger partial charge in [-0.3, -0.25) is 4.79 Å². The summed E-state index contributed by atoms with van der Waals surface area (Å²) in [6, 6.07) is 1.62. The van der Waals surface area contributed by atoms with Gasteiger partial charge >= 0.3 is 0 Å². The highest BCUT2D eigenvalue weighted by Crippen LogP contribution is 2.48. The molecule has 1 aliphatic carbocycles. The predicted octanol–water partition coefficient (Wildman–Crippen LogP) is 1.94. The van der Waals surface area contributed by atoms with Crippen molar-refractivity contribution in [3.63, 3.8) is 0 Å². The number of Topliss-reactive ketones (excluding diaryl/α,β-unsaturated/α-hetero) is 1. The number of anilines is 2. The molecule has 2 aliphatic heterocycles. The van der Waals surface area contributed by atoms with Crippen LogP contribution in [0.25, 0.3) is 0 Å². The fourth-order valence-electron chi connectivity index (χ4n) is 4.46. The molecule has 0 radical (unpaired) electrons. The first-order valence-electron chi connectivity index (χ1n) is 8.78. The van der Waals surface area contributed by atoms with E-state index < -0.39 is 6.23 Å². The Balaban J connectivity index is 1.70. The van der Waals surface area contributed by atoms with E-state index in [0.717, 1.165) is 31.3 Å². The van der Waals surface area contributed by atoms with Crippen molar-refractivity contribution < 1.29 is 9.90 Å². The molecule has 3 aliphatic rings. The summed E-state index contributed by atoms with van der Waals surface area (Å²) in [5, 5.41) is 14.2. The number of aliphatic hydroxyl groups excluding tert-OH is 1. The third kappa shape index (κ3) is 2.59. The van der Waals surface area contributed by atoms with E-state index >= 15 is 0 Å². The first-order chi connectivity index (χ1) is 12.0. The number of carbonyl (C=O) groups excluding carboxylic acids is 1. The van der Waals surface area contributed by atoms with Crippen LogP contribution >= 0.6 is 0 Å². The fourth-order valence-corrected chi connectivity index (χ4v) is 4.46. The zero-order valence-electron chi connectivity index (χ0n) is 14.3. The number of aliphatic hydroxyl groups is 1. The predicted molar refractivity (Wildman–Crippen MR) is 94.1 cm³/mol. The third-order valence-corrected chi connectivity index (χ3v) is 5.52. The zero-order chi connectivity index (χ0) is 17.6. The molecule has 132 valence electrons. The summed E-state index contributed by atoms with van der Waals surface area (Å²) in [6.45, 7) is 1.92. The topological polar surface area (TPSA) is 104 Å². The average molecular weight is 341 g/mol. The number of hydrogen-bond donors (Lipinski definition) is 3. The Kier molecular flexibility index (Phi) is 3.76. The van der Waals surface area contributed by atoms with Crippen LogP contribution < -0.4 is 11.1 Å². The summed E-state index contributed by atoms with van der Waals surface area (Å²) in [7, 11) is 0.